The van der Waals surface area contributed by atoms with Crippen molar-refractivity contribution in [2.75, 3.05) is 18.9 Å². The predicted molar refractivity (Wildman–Crippen MR) is 77.9 cm³/mol. The van der Waals surface area contributed by atoms with Gasteiger partial charge in [-0.25, -0.2) is 4.98 Å². The van der Waals surface area contributed by atoms with Crippen molar-refractivity contribution in [2.24, 2.45) is 5.92 Å². The second-order valence-electron chi connectivity index (χ2n) is 5.47. The van der Waals surface area contributed by atoms with Crippen molar-refractivity contribution in [2.45, 2.75) is 31.7 Å². The third-order valence-electron chi connectivity index (χ3n) is 3.91. The summed E-state index contributed by atoms with van der Waals surface area (Å²) in [5.41, 5.74) is 1.04. The third-order valence-corrected chi connectivity index (χ3v) is 4.58. The number of nitrogens with zero attached hydrogens (tertiary/aromatic N) is 2. The zero-order valence-corrected chi connectivity index (χ0v) is 12.6. The molecular formula is C14H18BrN3O. The standard InChI is InChI=1S/C14H18BrN3O/c1-18-8-2-3-11(18)13-10(15)6-7-12(16-13)17-14(19)9-4-5-9/h6-7,9,11H,2-5,8H2,1H3,(H,16,17,19). The summed E-state index contributed by atoms with van der Waals surface area (Å²) < 4.78 is 1.02. The SMILES string of the molecule is CN1CCCC1c1nc(NC(=O)C2CC2)ccc1Br. The van der Waals surface area contributed by atoms with Gasteiger partial charge in [0.05, 0.1) is 11.7 Å². The molecule has 0 radical (unpaired) electrons. The fraction of sp³-hybridized carbons (Fsp3) is 0.571. The molecule has 1 amide bonds. The Labute approximate surface area is 121 Å². The summed E-state index contributed by atoms with van der Waals surface area (Å²) in [5.74, 6) is 0.999. The number of amides is 1. The van der Waals surface area contributed by atoms with E-state index in [1.54, 1.807) is 0 Å². The molecule has 19 heavy (non-hydrogen) atoms. The minimum Gasteiger partial charge on any atom is -0.310 e. The van der Waals surface area contributed by atoms with Gasteiger partial charge in [-0.2, -0.15) is 0 Å². The lowest BCUT2D eigenvalue weighted by Crippen LogP contribution is -2.20. The van der Waals surface area contributed by atoms with E-state index in [2.05, 4.69) is 38.2 Å². The van der Waals surface area contributed by atoms with Gasteiger partial charge < -0.3 is 5.32 Å². The molecule has 1 saturated heterocycles. The van der Waals surface area contributed by atoms with Crippen molar-refractivity contribution in [1.82, 2.24) is 9.88 Å². The van der Waals surface area contributed by atoms with E-state index in [-0.39, 0.29) is 11.8 Å². The molecule has 5 heteroatoms. The van der Waals surface area contributed by atoms with Gasteiger partial charge in [-0.3, -0.25) is 9.69 Å². The number of aromatic nitrogens is 1. The molecule has 1 atom stereocenters. The average molecular weight is 324 g/mol. The molecule has 1 aliphatic carbocycles. The Morgan fingerprint density at radius 3 is 2.84 bits per heavy atom. The largest absolute Gasteiger partial charge is 0.310 e. The second kappa shape index (κ2) is 5.21. The number of carbonyl (C=O) groups is 1. The number of anilines is 1. The summed E-state index contributed by atoms with van der Waals surface area (Å²) >= 11 is 3.57. The highest BCUT2D eigenvalue weighted by molar-refractivity contribution is 9.10. The van der Waals surface area contributed by atoms with Gasteiger partial charge in [-0.05, 0) is 67.3 Å². The second-order valence-corrected chi connectivity index (χ2v) is 6.32. The number of carbonyl (C=O) groups excluding carboxylic acids is 1. The first-order valence-electron chi connectivity index (χ1n) is 6.82. The van der Waals surface area contributed by atoms with Crippen LogP contribution in [0.15, 0.2) is 16.6 Å². The van der Waals surface area contributed by atoms with E-state index in [0.29, 0.717) is 11.9 Å². The smallest absolute Gasteiger partial charge is 0.228 e. The van der Waals surface area contributed by atoms with Crippen LogP contribution in [0.5, 0.6) is 0 Å². The van der Waals surface area contributed by atoms with E-state index < -0.39 is 0 Å². The van der Waals surface area contributed by atoms with E-state index in [4.69, 9.17) is 0 Å². The Hall–Kier alpha value is -0.940. The van der Waals surface area contributed by atoms with Crippen LogP contribution in [0.1, 0.15) is 37.4 Å². The number of halogens is 1. The molecule has 3 rings (SSSR count). The van der Waals surface area contributed by atoms with E-state index >= 15 is 0 Å². The van der Waals surface area contributed by atoms with Crippen molar-refractivity contribution in [1.29, 1.82) is 0 Å². The number of hydrogen-bond acceptors (Lipinski definition) is 3. The molecule has 1 aromatic heterocycles. The van der Waals surface area contributed by atoms with E-state index in [1.165, 1.54) is 6.42 Å². The van der Waals surface area contributed by atoms with Gasteiger partial charge in [0.1, 0.15) is 5.82 Å². The van der Waals surface area contributed by atoms with E-state index in [0.717, 1.165) is 36.0 Å². The summed E-state index contributed by atoms with van der Waals surface area (Å²) in [5, 5.41) is 2.92. The van der Waals surface area contributed by atoms with Crippen LogP contribution in [0.4, 0.5) is 5.82 Å². The molecule has 2 heterocycles. The van der Waals surface area contributed by atoms with Crippen LogP contribution in [0, 0.1) is 5.92 Å². The molecule has 0 spiro atoms. The summed E-state index contributed by atoms with van der Waals surface area (Å²) in [6.45, 7) is 1.11. The first-order chi connectivity index (χ1) is 9.15. The molecule has 1 aliphatic heterocycles. The van der Waals surface area contributed by atoms with Gasteiger partial charge in [-0.15, -0.1) is 0 Å². The monoisotopic (exact) mass is 323 g/mol. The predicted octanol–water partition coefficient (Wildman–Crippen LogP) is 2.96. The van der Waals surface area contributed by atoms with Gasteiger partial charge in [-0.1, -0.05) is 0 Å². The molecule has 0 bridgehead atoms. The molecule has 1 saturated carbocycles. The number of rotatable bonds is 3. The maximum atomic E-state index is 11.8. The Kier molecular flexibility index (Phi) is 3.58. The van der Waals surface area contributed by atoms with Crippen molar-refractivity contribution < 1.29 is 4.79 Å². The first-order valence-corrected chi connectivity index (χ1v) is 7.62. The summed E-state index contributed by atoms with van der Waals surface area (Å²) in [4.78, 5) is 18.7. The summed E-state index contributed by atoms with van der Waals surface area (Å²) in [6, 6.07) is 4.20. The zero-order valence-electron chi connectivity index (χ0n) is 11.0. The van der Waals surface area contributed by atoms with Crippen LogP contribution in [-0.4, -0.2) is 29.4 Å². The lowest BCUT2D eigenvalue weighted by atomic mass is 10.1. The van der Waals surface area contributed by atoms with E-state index in [9.17, 15) is 4.79 Å². The molecule has 1 aromatic rings. The highest BCUT2D eigenvalue weighted by atomic mass is 79.9. The normalized spacial score (nSPS) is 23.6. The molecule has 4 nitrogen and oxygen atoms in total. The van der Waals surface area contributed by atoms with E-state index in [1.807, 2.05) is 12.1 Å². The summed E-state index contributed by atoms with van der Waals surface area (Å²) in [6.07, 6.45) is 4.36. The Morgan fingerprint density at radius 2 is 2.21 bits per heavy atom. The Morgan fingerprint density at radius 1 is 1.42 bits per heavy atom. The highest BCUT2D eigenvalue weighted by Gasteiger charge is 2.30. The number of hydrogen-bond donors (Lipinski definition) is 1. The number of likely N-dealkylation sites (tertiary alicyclic amines) is 1. The quantitative estimate of drug-likeness (QED) is 0.930. The average Bonchev–Trinajstić information content (AvgIpc) is 3.15. The van der Waals surface area contributed by atoms with Gasteiger partial charge in [0.25, 0.3) is 0 Å². The van der Waals surface area contributed by atoms with Crippen LogP contribution in [0.2, 0.25) is 0 Å². The fourth-order valence-corrected chi connectivity index (χ4v) is 3.08. The van der Waals surface area contributed by atoms with Gasteiger partial charge in [0.2, 0.25) is 5.91 Å². The topological polar surface area (TPSA) is 45.2 Å². The lowest BCUT2D eigenvalue weighted by Gasteiger charge is -2.20. The Balaban J connectivity index is 1.80. The molecule has 1 unspecified atom stereocenters. The molecular weight excluding hydrogens is 306 g/mol. The van der Waals surface area contributed by atoms with Crippen LogP contribution >= 0.6 is 15.9 Å². The molecule has 0 aromatic carbocycles. The van der Waals surface area contributed by atoms with Crippen molar-refractivity contribution in [3.8, 4) is 0 Å². The van der Waals surface area contributed by atoms with Gasteiger partial charge in [0, 0.05) is 10.4 Å². The molecule has 102 valence electrons. The minimum atomic E-state index is 0.112. The molecule has 2 fully saturated rings. The van der Waals surface area contributed by atoms with Crippen LogP contribution in [0.3, 0.4) is 0 Å². The first kappa shape index (κ1) is 13.1. The van der Waals surface area contributed by atoms with Crippen molar-refractivity contribution in [3.05, 3.63) is 22.3 Å². The lowest BCUT2D eigenvalue weighted by molar-refractivity contribution is -0.117. The zero-order chi connectivity index (χ0) is 13.4. The van der Waals surface area contributed by atoms with Crippen LogP contribution in [-0.2, 0) is 4.79 Å². The third kappa shape index (κ3) is 2.82. The minimum absolute atomic E-state index is 0.112. The number of nitrogens with one attached hydrogen (secondary N) is 1. The van der Waals surface area contributed by atoms with Gasteiger partial charge >= 0.3 is 0 Å². The van der Waals surface area contributed by atoms with Crippen molar-refractivity contribution >= 4 is 27.7 Å². The number of pyridine rings is 1. The van der Waals surface area contributed by atoms with Gasteiger partial charge in [0.15, 0.2) is 0 Å². The van der Waals surface area contributed by atoms with Crippen LogP contribution < -0.4 is 5.32 Å². The highest BCUT2D eigenvalue weighted by Crippen LogP contribution is 2.35. The van der Waals surface area contributed by atoms with Crippen molar-refractivity contribution in [3.63, 3.8) is 0 Å². The molecule has 1 N–H and O–H groups in total. The maximum Gasteiger partial charge on any atom is 0.228 e. The molecule has 2 aliphatic rings. The van der Waals surface area contributed by atoms with Crippen LogP contribution in [0.25, 0.3) is 0 Å². The maximum absolute atomic E-state index is 11.8. The fourth-order valence-electron chi connectivity index (χ4n) is 2.59. The summed E-state index contributed by atoms with van der Waals surface area (Å²) in [7, 11) is 2.13. The Bertz CT molecular complexity index is 501.